The van der Waals surface area contributed by atoms with Crippen LogP contribution in [0.15, 0.2) is 422 Å². The van der Waals surface area contributed by atoms with Crippen LogP contribution < -0.4 is 0 Å². The van der Waals surface area contributed by atoms with E-state index in [9.17, 15) is 0 Å². The molecule has 9 nitrogen and oxygen atoms in total. The molecule has 0 radical (unpaired) electrons. The second-order valence-corrected chi connectivity index (χ2v) is 32.6. The average molecular weight is 1570 g/mol. The summed E-state index contributed by atoms with van der Waals surface area (Å²) in [7, 11) is 0. The topological polar surface area (TPSA) is 85.4 Å². The molecule has 0 aliphatic carbocycles. The van der Waals surface area contributed by atoms with Crippen molar-refractivity contribution in [2.24, 2.45) is 0 Å². The molecule has 0 spiro atoms. The van der Waals surface area contributed by atoms with Gasteiger partial charge in [0.05, 0.1) is 44.1 Å². The van der Waals surface area contributed by atoms with E-state index in [0.29, 0.717) is 0 Å². The Morgan fingerprint density at radius 1 is 0.114 bits per heavy atom. The van der Waals surface area contributed by atoms with E-state index in [1.165, 1.54) is 87.2 Å². The van der Waals surface area contributed by atoms with Crippen molar-refractivity contribution in [3.63, 3.8) is 0 Å². The van der Waals surface area contributed by atoms with Gasteiger partial charge in [0.25, 0.3) is 0 Å². The van der Waals surface area contributed by atoms with Crippen molar-refractivity contribution in [3.05, 3.63) is 400 Å². The van der Waals surface area contributed by atoms with Gasteiger partial charge in [-0.05, 0) is 245 Å². The van der Waals surface area contributed by atoms with Gasteiger partial charge in [0.1, 0.15) is 55.8 Å². The van der Waals surface area contributed by atoms with E-state index >= 15 is 0 Å². The molecule has 0 bridgehead atoms. The summed E-state index contributed by atoms with van der Waals surface area (Å²) in [5.74, 6) is 0. The molecule has 28 aromatic rings. The number of fused-ring (bicyclic) bond motifs is 27. The lowest BCUT2D eigenvalue weighted by Crippen LogP contribution is -1.93. The molecule has 28 rings (SSSR count). The summed E-state index contributed by atoms with van der Waals surface area (Å²) in [6.07, 6.45) is 0. The first-order valence-electron chi connectivity index (χ1n) is 41.8. The van der Waals surface area contributed by atoms with Crippen LogP contribution in [0.2, 0.25) is 0 Å². The lowest BCUT2D eigenvalue weighted by molar-refractivity contribution is 0.668. The van der Waals surface area contributed by atoms with Gasteiger partial charge in [0.2, 0.25) is 0 Å². The molecule has 0 fully saturated rings. The van der Waals surface area contributed by atoms with Crippen LogP contribution >= 0.6 is 0 Å². The van der Waals surface area contributed by atoms with Crippen LogP contribution in [0.5, 0.6) is 0 Å². The van der Waals surface area contributed by atoms with E-state index in [1.54, 1.807) is 0 Å². The maximum Gasteiger partial charge on any atom is 0.135 e. The SMILES string of the molecule is c1cc(-c2ccc3oc4ccc(-n5c6ccccc6c6ccccc65)cc4c3c2)cc(-c2ccc3oc4ccc(-n5c6ccccc6c6ccccc65)cc4c3c2)c1.c1ccc2c(c1)c1ccccc1n2-c1ccc2oc3ccc(-c4ccc5oc6ccc(-c7ccc8oc9ccc(-n%10c%11ccccc%11c%11ccccc%11%10)cc9c8c7)cc6c5c4)cc3c2c1. The second kappa shape index (κ2) is 25.9. The molecule has 19 aromatic carbocycles. The van der Waals surface area contributed by atoms with Crippen molar-refractivity contribution >= 4 is 197 Å². The van der Waals surface area contributed by atoms with Crippen LogP contribution in [0, 0.1) is 0 Å². The van der Waals surface area contributed by atoms with E-state index in [1.807, 2.05) is 0 Å². The maximum atomic E-state index is 6.45. The van der Waals surface area contributed by atoms with E-state index in [-0.39, 0.29) is 0 Å². The van der Waals surface area contributed by atoms with Gasteiger partial charge in [-0.2, -0.15) is 0 Å². The lowest BCUT2D eigenvalue weighted by atomic mass is 9.97. The van der Waals surface area contributed by atoms with Crippen molar-refractivity contribution in [1.29, 1.82) is 0 Å². The zero-order valence-corrected chi connectivity index (χ0v) is 65.9. The molecular formula is C114H66N4O5. The highest BCUT2D eigenvalue weighted by Crippen LogP contribution is 2.46. The van der Waals surface area contributed by atoms with Crippen LogP contribution in [-0.4, -0.2) is 18.3 Å². The van der Waals surface area contributed by atoms with E-state index in [0.717, 1.165) is 177 Å². The molecular weight excluding hydrogens is 1510 g/mol. The maximum absolute atomic E-state index is 6.45. The minimum atomic E-state index is 0.862. The number of rotatable bonds is 8. The third-order valence-electron chi connectivity index (χ3n) is 25.8. The molecule has 9 heteroatoms. The van der Waals surface area contributed by atoms with E-state index < -0.39 is 0 Å². The first kappa shape index (κ1) is 67.4. The number of benzene rings is 19. The smallest absolute Gasteiger partial charge is 0.135 e. The normalized spacial score (nSPS) is 12.2. The molecule has 0 saturated carbocycles. The number of hydrogen-bond donors (Lipinski definition) is 0. The summed E-state index contributed by atoms with van der Waals surface area (Å²) in [5, 5.41) is 20.9. The quantitative estimate of drug-likeness (QED) is 0.151. The molecule has 572 valence electrons. The van der Waals surface area contributed by atoms with Crippen molar-refractivity contribution in [2.75, 3.05) is 0 Å². The molecule has 0 amide bonds. The zero-order chi connectivity index (χ0) is 80.2. The van der Waals surface area contributed by atoms with Crippen LogP contribution in [0.25, 0.3) is 264 Å². The van der Waals surface area contributed by atoms with E-state index in [4.69, 9.17) is 22.1 Å². The Bertz CT molecular complexity index is 8640. The van der Waals surface area contributed by atoms with Crippen molar-refractivity contribution in [1.82, 2.24) is 18.3 Å². The molecule has 0 aliphatic heterocycles. The van der Waals surface area contributed by atoms with Crippen LogP contribution in [0.4, 0.5) is 0 Å². The highest BCUT2D eigenvalue weighted by molar-refractivity contribution is 6.18. The Hall–Kier alpha value is -16.6. The summed E-state index contributed by atoms with van der Waals surface area (Å²) in [4.78, 5) is 0. The molecule has 9 aromatic heterocycles. The van der Waals surface area contributed by atoms with Gasteiger partial charge in [-0.25, -0.2) is 0 Å². The summed E-state index contributed by atoms with van der Waals surface area (Å²) >= 11 is 0. The van der Waals surface area contributed by atoms with Crippen molar-refractivity contribution in [2.45, 2.75) is 0 Å². The standard InChI is InChI=1S/C60H34N2O3.C54H32N2O2/c1-5-13-51-41(9-1)42-10-2-6-14-52(42)61(51)39-21-27-59-49(33-39)47-31-37(19-25-57(47)64-59)35-17-23-55-45(29-35)46-30-36(18-24-56(46)63-55)38-20-26-58-48(32-38)50-34-40(22-28-60(50)65-58)62-53-15-7-3-11-43(53)44-12-4-8-16-54(44)62;1-5-16-47-39(12-1)40-13-2-6-17-48(40)55(47)37-22-26-53-45(31-37)43-29-35(20-24-51(43)57-53)33-10-9-11-34(28-33)36-21-25-52-44(30-36)46-32-38(23-27-54(46)58-52)56-49-18-7-3-14-41(49)42-15-4-8-19-50(42)56/h1-34H;1-32H. The van der Waals surface area contributed by atoms with Gasteiger partial charge >= 0.3 is 0 Å². The number of furan rings is 5. The number of para-hydroxylation sites is 8. The fourth-order valence-corrected chi connectivity index (χ4v) is 20.2. The highest BCUT2D eigenvalue weighted by Gasteiger charge is 2.23. The Morgan fingerprint density at radius 3 is 0.455 bits per heavy atom. The first-order chi connectivity index (χ1) is 60.9. The third-order valence-corrected chi connectivity index (χ3v) is 25.8. The molecule has 0 atom stereocenters. The fourth-order valence-electron chi connectivity index (χ4n) is 20.2. The minimum absolute atomic E-state index is 0.862. The summed E-state index contributed by atoms with van der Waals surface area (Å²) in [6.45, 7) is 0. The van der Waals surface area contributed by atoms with Crippen LogP contribution in [0.1, 0.15) is 0 Å². The third kappa shape index (κ3) is 10.3. The molecule has 9 heterocycles. The zero-order valence-electron chi connectivity index (χ0n) is 65.9. The Kier molecular flexibility index (Phi) is 14.2. The van der Waals surface area contributed by atoms with Crippen molar-refractivity contribution < 1.29 is 22.1 Å². The lowest BCUT2D eigenvalue weighted by Gasteiger charge is -2.09. The number of nitrogens with zero attached hydrogens (tertiary/aromatic N) is 4. The monoisotopic (exact) mass is 1570 g/mol. The molecule has 0 saturated heterocycles. The molecule has 0 N–H and O–H groups in total. The summed E-state index contributed by atoms with van der Waals surface area (Å²) in [5.41, 5.74) is 31.7. The van der Waals surface area contributed by atoms with Crippen molar-refractivity contribution in [3.8, 4) is 67.3 Å². The second-order valence-electron chi connectivity index (χ2n) is 32.6. The van der Waals surface area contributed by atoms with Gasteiger partial charge in [-0.1, -0.05) is 200 Å². The molecule has 0 unspecified atom stereocenters. The number of hydrogen-bond acceptors (Lipinski definition) is 5. The molecule has 0 aliphatic rings. The Labute approximate surface area is 700 Å². The predicted molar refractivity (Wildman–Crippen MR) is 508 cm³/mol. The highest BCUT2D eigenvalue weighted by atomic mass is 16.3. The fraction of sp³-hybridized carbons (Fsp3) is 0. The first-order valence-corrected chi connectivity index (χ1v) is 41.8. The average Bonchev–Trinajstić information content (AvgIpc) is 1.60. The van der Waals surface area contributed by atoms with Crippen LogP contribution in [0.3, 0.4) is 0 Å². The minimum Gasteiger partial charge on any atom is -0.456 e. The Morgan fingerprint density at radius 2 is 0.268 bits per heavy atom. The van der Waals surface area contributed by atoms with Gasteiger partial charge < -0.3 is 40.4 Å². The van der Waals surface area contributed by atoms with Gasteiger partial charge in [0.15, 0.2) is 0 Å². The molecule has 123 heavy (non-hydrogen) atoms. The van der Waals surface area contributed by atoms with Gasteiger partial charge in [-0.15, -0.1) is 0 Å². The van der Waals surface area contributed by atoms with E-state index in [2.05, 4.69) is 419 Å². The Balaban J connectivity index is 0.000000130. The summed E-state index contributed by atoms with van der Waals surface area (Å²) < 4.78 is 41.6. The predicted octanol–water partition coefficient (Wildman–Crippen LogP) is 31.9. The summed E-state index contributed by atoms with van der Waals surface area (Å²) in [6, 6.07) is 143. The number of aromatic nitrogens is 4. The van der Waals surface area contributed by atoms with Gasteiger partial charge in [0, 0.05) is 120 Å². The van der Waals surface area contributed by atoms with Crippen LogP contribution in [-0.2, 0) is 0 Å². The largest absolute Gasteiger partial charge is 0.456 e. The van der Waals surface area contributed by atoms with Gasteiger partial charge in [-0.3, -0.25) is 0 Å².